The fraction of sp³-hybridized carbons (Fsp3) is 0.333. The average Bonchev–Trinajstić information content (AvgIpc) is 3.35. The Bertz CT molecular complexity index is 2170. The fourth-order valence-corrected chi connectivity index (χ4v) is 8.04. The van der Waals surface area contributed by atoms with Crippen molar-refractivity contribution >= 4 is 0 Å². The molecule has 0 amide bonds. The minimum atomic E-state index is -1.35. The van der Waals surface area contributed by atoms with Gasteiger partial charge in [0.2, 0.25) is 0 Å². The normalized spacial score (nSPS) is 24.6. The van der Waals surface area contributed by atoms with Crippen molar-refractivity contribution in [1.29, 1.82) is 0 Å². The maximum Gasteiger partial charge on any atom is 0.184 e. The standard InChI is InChI=1S/C54H58O10/c55-54-53(61-37-45-29-17-6-18-30-45)52(60-36-44-27-15-5-16-28-44)51(48(63-54)39-57-33-41-21-9-2-10-22-41)64-49-31-46(58-34-42-23-11-3-12-24-42)50(59-35-43-25-13-4-14-26-43)47(62-49)38-56-32-40-19-7-1-8-20-40/h1-30,46-55H,31-39H2/t46-,47-,48-,49+,50+,51-,52+,53-,54-/m1/s1. The van der Waals surface area contributed by atoms with E-state index in [2.05, 4.69) is 0 Å². The van der Waals surface area contributed by atoms with Gasteiger partial charge in [-0.15, -0.1) is 0 Å². The minimum absolute atomic E-state index is 0.0975. The van der Waals surface area contributed by atoms with E-state index in [1.807, 2.05) is 182 Å². The molecule has 10 heteroatoms. The second-order valence-corrected chi connectivity index (χ2v) is 16.1. The van der Waals surface area contributed by atoms with Crippen LogP contribution < -0.4 is 0 Å². The van der Waals surface area contributed by atoms with Crippen LogP contribution in [0.5, 0.6) is 0 Å². The van der Waals surface area contributed by atoms with E-state index >= 15 is 0 Å². The molecule has 2 heterocycles. The largest absolute Gasteiger partial charge is 0.374 e. The predicted molar refractivity (Wildman–Crippen MR) is 241 cm³/mol. The number of aliphatic hydroxyl groups excluding tert-OH is 1. The molecule has 6 aromatic rings. The van der Waals surface area contributed by atoms with Gasteiger partial charge in [0.25, 0.3) is 0 Å². The number of benzene rings is 6. The Labute approximate surface area is 376 Å². The summed E-state index contributed by atoms with van der Waals surface area (Å²) in [5.74, 6) is 0. The first kappa shape index (κ1) is 45.5. The van der Waals surface area contributed by atoms with Crippen molar-refractivity contribution in [2.45, 2.75) is 101 Å². The molecule has 8 rings (SSSR count). The van der Waals surface area contributed by atoms with Gasteiger partial charge in [0.05, 0.1) is 59.0 Å². The van der Waals surface area contributed by atoms with Crippen LogP contribution in [0.15, 0.2) is 182 Å². The molecule has 0 saturated carbocycles. The van der Waals surface area contributed by atoms with E-state index in [1.165, 1.54) is 0 Å². The lowest BCUT2D eigenvalue weighted by molar-refractivity contribution is -0.352. The van der Waals surface area contributed by atoms with Gasteiger partial charge in [0.15, 0.2) is 12.6 Å². The quantitative estimate of drug-likeness (QED) is 0.0712. The van der Waals surface area contributed by atoms with Gasteiger partial charge in [0.1, 0.15) is 36.6 Å². The molecule has 0 aromatic heterocycles. The van der Waals surface area contributed by atoms with Crippen LogP contribution in [-0.4, -0.2) is 73.6 Å². The lowest BCUT2D eigenvalue weighted by atomic mass is 9.97. The second kappa shape index (κ2) is 24.3. The molecule has 6 aromatic carbocycles. The van der Waals surface area contributed by atoms with Crippen LogP contribution in [0, 0.1) is 0 Å². The summed E-state index contributed by atoms with van der Waals surface area (Å²) in [5.41, 5.74) is 6.01. The summed E-state index contributed by atoms with van der Waals surface area (Å²) in [5, 5.41) is 11.7. The van der Waals surface area contributed by atoms with E-state index in [4.69, 9.17) is 42.6 Å². The summed E-state index contributed by atoms with van der Waals surface area (Å²) in [7, 11) is 0. The number of rotatable bonds is 22. The minimum Gasteiger partial charge on any atom is -0.374 e. The van der Waals surface area contributed by atoms with Crippen LogP contribution >= 0.6 is 0 Å². The van der Waals surface area contributed by atoms with Crippen LogP contribution in [0.1, 0.15) is 39.8 Å². The highest BCUT2D eigenvalue weighted by atomic mass is 16.7. The van der Waals surface area contributed by atoms with Crippen LogP contribution in [-0.2, 0) is 82.3 Å². The maximum atomic E-state index is 11.7. The van der Waals surface area contributed by atoms with Gasteiger partial charge in [-0.05, 0) is 33.4 Å². The van der Waals surface area contributed by atoms with Gasteiger partial charge in [-0.2, -0.15) is 0 Å². The Hall–Kier alpha value is -5.08. The van der Waals surface area contributed by atoms with Gasteiger partial charge in [-0.3, -0.25) is 0 Å². The Kier molecular flexibility index (Phi) is 17.3. The SMILES string of the molecule is O[C@@H]1O[C@H](COCc2ccccc2)[C@@H](O[C@H]2C[C@@H](OCc3ccccc3)[C@H](OCc3ccccc3)[C@@H](COCc3ccccc3)O2)[C@H](OCc2ccccc2)[C@H]1OCc1ccccc1. The van der Waals surface area contributed by atoms with E-state index in [0.717, 1.165) is 33.4 Å². The Morgan fingerprint density at radius 3 is 1.14 bits per heavy atom. The molecule has 10 nitrogen and oxygen atoms in total. The average molecular weight is 867 g/mol. The molecule has 0 bridgehead atoms. The lowest BCUT2D eigenvalue weighted by Crippen LogP contribution is -2.63. The third-order valence-electron chi connectivity index (χ3n) is 11.4. The number of hydrogen-bond donors (Lipinski definition) is 1. The van der Waals surface area contributed by atoms with Gasteiger partial charge >= 0.3 is 0 Å². The Morgan fingerprint density at radius 1 is 0.375 bits per heavy atom. The molecule has 2 saturated heterocycles. The molecule has 2 aliphatic rings. The third kappa shape index (κ3) is 13.5. The predicted octanol–water partition coefficient (Wildman–Crippen LogP) is 8.98. The van der Waals surface area contributed by atoms with E-state index < -0.39 is 55.3 Å². The van der Waals surface area contributed by atoms with Crippen LogP contribution in [0.25, 0.3) is 0 Å². The molecular formula is C54H58O10. The van der Waals surface area contributed by atoms with Gasteiger partial charge in [-0.1, -0.05) is 182 Å². The molecule has 334 valence electrons. The summed E-state index contributed by atoms with van der Waals surface area (Å²) in [4.78, 5) is 0. The molecule has 9 atom stereocenters. The van der Waals surface area contributed by atoms with Crippen LogP contribution in [0.4, 0.5) is 0 Å². The molecule has 0 unspecified atom stereocenters. The summed E-state index contributed by atoms with van der Waals surface area (Å²) < 4.78 is 60.0. The van der Waals surface area contributed by atoms with E-state index in [1.54, 1.807) is 0 Å². The molecule has 2 aliphatic heterocycles. The van der Waals surface area contributed by atoms with Crippen molar-refractivity contribution in [3.63, 3.8) is 0 Å². The van der Waals surface area contributed by atoms with Crippen molar-refractivity contribution in [3.05, 3.63) is 215 Å². The zero-order valence-corrected chi connectivity index (χ0v) is 36.0. The van der Waals surface area contributed by atoms with Crippen molar-refractivity contribution in [2.24, 2.45) is 0 Å². The third-order valence-corrected chi connectivity index (χ3v) is 11.4. The zero-order chi connectivity index (χ0) is 43.6. The zero-order valence-electron chi connectivity index (χ0n) is 36.0. The Morgan fingerprint density at radius 2 is 0.719 bits per heavy atom. The van der Waals surface area contributed by atoms with Crippen LogP contribution in [0.2, 0.25) is 0 Å². The summed E-state index contributed by atoms with van der Waals surface area (Å²) in [6, 6.07) is 59.8. The molecule has 0 radical (unpaired) electrons. The topological polar surface area (TPSA) is 103 Å². The number of aliphatic hydroxyl groups is 1. The van der Waals surface area contributed by atoms with Crippen molar-refractivity contribution in [2.75, 3.05) is 13.2 Å². The summed E-state index contributed by atoms with van der Waals surface area (Å²) in [6.45, 7) is 2.19. The van der Waals surface area contributed by atoms with Crippen molar-refractivity contribution < 1.29 is 47.7 Å². The molecule has 0 spiro atoms. The maximum absolute atomic E-state index is 11.7. The lowest BCUT2D eigenvalue weighted by Gasteiger charge is -2.47. The smallest absolute Gasteiger partial charge is 0.184 e. The van der Waals surface area contributed by atoms with E-state index in [-0.39, 0.29) is 26.4 Å². The first-order valence-corrected chi connectivity index (χ1v) is 22.1. The van der Waals surface area contributed by atoms with E-state index in [9.17, 15) is 5.11 Å². The fourth-order valence-electron chi connectivity index (χ4n) is 8.04. The molecule has 0 aliphatic carbocycles. The molecule has 2 fully saturated rings. The molecule has 64 heavy (non-hydrogen) atoms. The van der Waals surface area contributed by atoms with Gasteiger partial charge < -0.3 is 47.7 Å². The van der Waals surface area contributed by atoms with Gasteiger partial charge in [0, 0.05) is 6.42 Å². The first-order valence-electron chi connectivity index (χ1n) is 22.1. The number of ether oxygens (including phenoxy) is 9. The summed E-state index contributed by atoms with van der Waals surface area (Å²) >= 11 is 0. The highest BCUT2D eigenvalue weighted by Crippen LogP contribution is 2.35. The van der Waals surface area contributed by atoms with Gasteiger partial charge in [-0.25, -0.2) is 0 Å². The number of hydrogen-bond acceptors (Lipinski definition) is 10. The second-order valence-electron chi connectivity index (χ2n) is 16.1. The van der Waals surface area contributed by atoms with E-state index in [0.29, 0.717) is 32.8 Å². The van der Waals surface area contributed by atoms with Crippen molar-refractivity contribution in [3.8, 4) is 0 Å². The first-order chi connectivity index (χ1) is 31.6. The molecule has 1 N–H and O–H groups in total. The highest BCUT2D eigenvalue weighted by Gasteiger charge is 2.51. The molecular weight excluding hydrogens is 809 g/mol. The summed E-state index contributed by atoms with van der Waals surface area (Å²) in [6.07, 6.45) is -6.78. The van der Waals surface area contributed by atoms with Crippen LogP contribution in [0.3, 0.4) is 0 Å². The Balaban J connectivity index is 1.09. The highest BCUT2D eigenvalue weighted by molar-refractivity contribution is 5.18. The van der Waals surface area contributed by atoms with Crippen molar-refractivity contribution in [1.82, 2.24) is 0 Å². The monoisotopic (exact) mass is 866 g/mol.